The lowest BCUT2D eigenvalue weighted by molar-refractivity contribution is -0.709. The fourth-order valence-electron chi connectivity index (χ4n) is 3.37. The van der Waals surface area contributed by atoms with E-state index in [4.69, 9.17) is 5.73 Å². The average molecular weight is 358 g/mol. The van der Waals surface area contributed by atoms with Crippen LogP contribution < -0.4 is 16.4 Å². The summed E-state index contributed by atoms with van der Waals surface area (Å²) in [7, 11) is 0. The van der Waals surface area contributed by atoms with Crippen molar-refractivity contribution in [2.24, 2.45) is 5.73 Å². The zero-order chi connectivity index (χ0) is 18.0. The summed E-state index contributed by atoms with van der Waals surface area (Å²) in [4.78, 5) is 25.6. The lowest BCUT2D eigenvalue weighted by Crippen LogP contribution is -2.91. The monoisotopic (exact) mass is 358 g/mol. The normalized spacial score (nSPS) is 15.4. The van der Waals surface area contributed by atoms with Gasteiger partial charge in [-0.3, -0.25) is 9.59 Å². The predicted octanol–water partition coefficient (Wildman–Crippen LogP) is 1.99. The second-order valence-electron chi connectivity index (χ2n) is 6.60. The van der Waals surface area contributed by atoms with E-state index in [1.54, 1.807) is 0 Å². The van der Waals surface area contributed by atoms with Gasteiger partial charge in [0.1, 0.15) is 11.0 Å². The number of amides is 2. The third-order valence-electron chi connectivity index (χ3n) is 4.72. The van der Waals surface area contributed by atoms with Crippen LogP contribution in [0.25, 0.3) is 0 Å². The van der Waals surface area contributed by atoms with Crippen LogP contribution in [0.15, 0.2) is 30.3 Å². The number of primary amides is 1. The van der Waals surface area contributed by atoms with Crippen LogP contribution in [0.1, 0.15) is 52.7 Å². The maximum Gasteiger partial charge on any atom is 0.282 e. The number of quaternary nitrogens is 1. The fourth-order valence-corrected chi connectivity index (χ4v) is 4.66. The van der Waals surface area contributed by atoms with Gasteiger partial charge in [-0.25, -0.2) is 0 Å². The Morgan fingerprint density at radius 1 is 1.20 bits per heavy atom. The van der Waals surface area contributed by atoms with Crippen molar-refractivity contribution in [1.82, 2.24) is 0 Å². The SMILES string of the molecule is C[C@H]([NH2+][C@H](C)C(=O)Nc1sc2c(c1C(N)=O)CCC2)c1ccccc1. The molecule has 3 rings (SSSR count). The summed E-state index contributed by atoms with van der Waals surface area (Å²) in [5.74, 6) is -0.561. The van der Waals surface area contributed by atoms with Crippen molar-refractivity contribution in [3.8, 4) is 0 Å². The van der Waals surface area contributed by atoms with Gasteiger partial charge >= 0.3 is 0 Å². The summed E-state index contributed by atoms with van der Waals surface area (Å²) in [5.41, 5.74) is 8.26. The van der Waals surface area contributed by atoms with E-state index in [0.717, 1.165) is 24.8 Å². The Hall–Kier alpha value is -2.18. The molecule has 6 heteroatoms. The van der Waals surface area contributed by atoms with Crippen molar-refractivity contribution in [2.45, 2.75) is 45.2 Å². The minimum absolute atomic E-state index is 0.106. The Morgan fingerprint density at radius 2 is 1.92 bits per heavy atom. The number of nitrogens with one attached hydrogen (secondary N) is 1. The lowest BCUT2D eigenvalue weighted by atomic mass is 10.1. The van der Waals surface area contributed by atoms with Crippen molar-refractivity contribution in [1.29, 1.82) is 0 Å². The molecule has 0 saturated carbocycles. The van der Waals surface area contributed by atoms with Crippen LogP contribution in [0.5, 0.6) is 0 Å². The predicted molar refractivity (Wildman–Crippen MR) is 99.7 cm³/mol. The van der Waals surface area contributed by atoms with Crippen molar-refractivity contribution < 1.29 is 14.9 Å². The molecule has 25 heavy (non-hydrogen) atoms. The number of carbonyl (C=O) groups is 2. The van der Waals surface area contributed by atoms with Gasteiger partial charge in [0.2, 0.25) is 0 Å². The van der Waals surface area contributed by atoms with E-state index < -0.39 is 5.91 Å². The van der Waals surface area contributed by atoms with Crippen LogP contribution in [0.4, 0.5) is 5.00 Å². The van der Waals surface area contributed by atoms with Crippen molar-refractivity contribution >= 4 is 28.2 Å². The third kappa shape index (κ3) is 3.75. The van der Waals surface area contributed by atoms with Gasteiger partial charge in [0.05, 0.1) is 5.56 Å². The first kappa shape index (κ1) is 17.6. The van der Waals surface area contributed by atoms with Crippen LogP contribution in [0, 0.1) is 0 Å². The zero-order valence-electron chi connectivity index (χ0n) is 14.5. The summed E-state index contributed by atoms with van der Waals surface area (Å²) in [6, 6.07) is 9.99. The molecule has 0 fully saturated rings. The second kappa shape index (κ2) is 7.37. The molecule has 0 unspecified atom stereocenters. The first-order valence-electron chi connectivity index (χ1n) is 8.62. The second-order valence-corrected chi connectivity index (χ2v) is 7.70. The molecule has 132 valence electrons. The molecule has 1 aromatic heterocycles. The smallest absolute Gasteiger partial charge is 0.282 e. The largest absolute Gasteiger partial charge is 0.365 e. The maximum absolute atomic E-state index is 12.6. The molecule has 1 aromatic carbocycles. The summed E-state index contributed by atoms with van der Waals surface area (Å²) < 4.78 is 0. The topological polar surface area (TPSA) is 88.8 Å². The average Bonchev–Trinajstić information content (AvgIpc) is 3.15. The van der Waals surface area contributed by atoms with Crippen molar-refractivity contribution in [3.05, 3.63) is 51.9 Å². The highest BCUT2D eigenvalue weighted by Crippen LogP contribution is 2.38. The van der Waals surface area contributed by atoms with Crippen molar-refractivity contribution in [2.75, 3.05) is 5.32 Å². The molecule has 0 bridgehead atoms. The molecule has 1 aliphatic carbocycles. The quantitative estimate of drug-likeness (QED) is 0.737. The number of hydrogen-bond donors (Lipinski definition) is 3. The first-order valence-corrected chi connectivity index (χ1v) is 9.44. The van der Waals surface area contributed by atoms with Crippen LogP contribution >= 0.6 is 11.3 Å². The molecule has 2 aromatic rings. The number of thiophene rings is 1. The molecular formula is C19H24N3O2S+. The van der Waals surface area contributed by atoms with Crippen LogP contribution in [0.2, 0.25) is 0 Å². The lowest BCUT2D eigenvalue weighted by Gasteiger charge is -2.16. The van der Waals surface area contributed by atoms with Crippen LogP contribution in [-0.2, 0) is 17.6 Å². The summed E-state index contributed by atoms with van der Waals surface area (Å²) in [5, 5.41) is 5.56. The molecule has 1 heterocycles. The summed E-state index contributed by atoms with van der Waals surface area (Å²) in [6.45, 7) is 3.95. The Balaban J connectivity index is 1.69. The Bertz CT molecular complexity index is 785. The van der Waals surface area contributed by atoms with E-state index in [9.17, 15) is 9.59 Å². The Morgan fingerprint density at radius 3 is 2.60 bits per heavy atom. The van der Waals surface area contributed by atoms with E-state index in [1.807, 2.05) is 30.4 Å². The highest BCUT2D eigenvalue weighted by atomic mass is 32.1. The van der Waals surface area contributed by atoms with Gasteiger partial charge in [-0.15, -0.1) is 11.3 Å². The molecule has 2 amide bonds. The zero-order valence-corrected chi connectivity index (χ0v) is 15.4. The molecule has 5 nitrogen and oxygen atoms in total. The van der Waals surface area contributed by atoms with E-state index in [2.05, 4.69) is 24.4 Å². The first-order chi connectivity index (χ1) is 12.0. The number of aryl methyl sites for hydroxylation is 1. The third-order valence-corrected chi connectivity index (χ3v) is 5.93. The summed E-state index contributed by atoms with van der Waals surface area (Å²) >= 11 is 1.49. The number of benzene rings is 1. The number of anilines is 1. The summed E-state index contributed by atoms with van der Waals surface area (Å²) in [6.07, 6.45) is 2.88. The highest BCUT2D eigenvalue weighted by Gasteiger charge is 2.28. The van der Waals surface area contributed by atoms with Gasteiger partial charge in [0.25, 0.3) is 11.8 Å². The number of hydrogen-bond acceptors (Lipinski definition) is 3. The molecule has 1 aliphatic rings. The number of fused-ring (bicyclic) bond motifs is 1. The maximum atomic E-state index is 12.6. The van der Waals surface area contributed by atoms with E-state index in [-0.39, 0.29) is 18.0 Å². The van der Waals surface area contributed by atoms with Crippen LogP contribution in [-0.4, -0.2) is 17.9 Å². The molecule has 5 N–H and O–H groups in total. The van der Waals surface area contributed by atoms with Crippen LogP contribution in [0.3, 0.4) is 0 Å². The fraction of sp³-hybridized carbons (Fsp3) is 0.368. The Labute approximate surface area is 151 Å². The van der Waals surface area contributed by atoms with Gasteiger partial charge in [-0.05, 0) is 38.7 Å². The van der Waals surface area contributed by atoms with Gasteiger partial charge in [0.15, 0.2) is 6.04 Å². The molecule has 0 spiro atoms. The molecule has 0 saturated heterocycles. The number of rotatable bonds is 6. The van der Waals surface area contributed by atoms with E-state index >= 15 is 0 Å². The minimum atomic E-state index is -0.455. The highest BCUT2D eigenvalue weighted by molar-refractivity contribution is 7.17. The van der Waals surface area contributed by atoms with Gasteiger partial charge in [-0.2, -0.15) is 0 Å². The minimum Gasteiger partial charge on any atom is -0.365 e. The molecule has 0 radical (unpaired) electrons. The van der Waals surface area contributed by atoms with Gasteiger partial charge in [0, 0.05) is 10.4 Å². The molecule has 0 aliphatic heterocycles. The molecular weight excluding hydrogens is 334 g/mol. The molecule has 2 atom stereocenters. The standard InChI is InChI=1S/C19H23N3O2S/c1-11(13-7-4-3-5-8-13)21-12(2)18(24)22-19-16(17(20)23)14-9-6-10-15(14)25-19/h3-5,7-8,11-12,21H,6,9-10H2,1-2H3,(H2,20,23)(H,22,24)/p+1/t11-,12+/m0/s1. The number of carbonyl (C=O) groups excluding carboxylic acids is 2. The number of nitrogens with two attached hydrogens (primary N) is 2. The Kier molecular flexibility index (Phi) is 5.20. The van der Waals surface area contributed by atoms with Crippen molar-refractivity contribution in [3.63, 3.8) is 0 Å². The van der Waals surface area contributed by atoms with E-state index in [0.29, 0.717) is 10.6 Å². The van der Waals surface area contributed by atoms with E-state index in [1.165, 1.54) is 21.8 Å². The van der Waals surface area contributed by atoms with Gasteiger partial charge in [-0.1, -0.05) is 30.3 Å². The van der Waals surface area contributed by atoms with Gasteiger partial charge < -0.3 is 16.4 Å².